The van der Waals surface area contributed by atoms with Crippen LogP contribution in [0.15, 0.2) is 17.0 Å². The van der Waals surface area contributed by atoms with E-state index in [1.165, 1.54) is 13.0 Å². The van der Waals surface area contributed by atoms with Crippen LogP contribution in [0.3, 0.4) is 0 Å². The van der Waals surface area contributed by atoms with Gasteiger partial charge in [0.25, 0.3) is 0 Å². The van der Waals surface area contributed by atoms with Crippen molar-refractivity contribution in [1.29, 1.82) is 0 Å². The Hall–Kier alpha value is -1.14. The van der Waals surface area contributed by atoms with Crippen molar-refractivity contribution in [3.05, 3.63) is 23.5 Å². The Kier molecular flexibility index (Phi) is 4.58. The minimum atomic E-state index is -3.66. The lowest BCUT2D eigenvalue weighted by Crippen LogP contribution is -2.33. The normalized spacial score (nSPS) is 12.7. The van der Waals surface area contributed by atoms with E-state index in [0.29, 0.717) is 6.54 Å². The zero-order valence-corrected chi connectivity index (χ0v) is 12.6. The summed E-state index contributed by atoms with van der Waals surface area (Å²) in [6.07, 6.45) is 0.847. The Morgan fingerprint density at radius 3 is 2.42 bits per heavy atom. The van der Waals surface area contributed by atoms with E-state index in [9.17, 15) is 12.8 Å². The summed E-state index contributed by atoms with van der Waals surface area (Å²) in [4.78, 5) is -0.00389. The second-order valence-electron chi connectivity index (χ2n) is 5.49. The van der Waals surface area contributed by atoms with E-state index < -0.39 is 15.8 Å². The Morgan fingerprint density at radius 2 is 1.95 bits per heavy atom. The van der Waals surface area contributed by atoms with E-state index >= 15 is 0 Å². The summed E-state index contributed by atoms with van der Waals surface area (Å²) in [5, 5.41) is 0. The molecule has 1 aromatic rings. The van der Waals surface area contributed by atoms with Gasteiger partial charge in [0.1, 0.15) is 5.82 Å². The van der Waals surface area contributed by atoms with Gasteiger partial charge in [-0.3, -0.25) is 0 Å². The van der Waals surface area contributed by atoms with Gasteiger partial charge in [0.15, 0.2) is 0 Å². The van der Waals surface area contributed by atoms with Crippen LogP contribution in [0.5, 0.6) is 0 Å². The number of rotatable bonds is 5. The molecule has 0 aliphatic heterocycles. The summed E-state index contributed by atoms with van der Waals surface area (Å²) in [6, 6.07) is 2.43. The summed E-state index contributed by atoms with van der Waals surface area (Å²) in [5.74, 6) is -0.576. The van der Waals surface area contributed by atoms with E-state index in [4.69, 9.17) is 5.73 Å². The van der Waals surface area contributed by atoms with Crippen molar-refractivity contribution >= 4 is 15.7 Å². The fourth-order valence-electron chi connectivity index (χ4n) is 1.42. The lowest BCUT2D eigenvalue weighted by molar-refractivity contribution is 0.350. The number of nitrogen functional groups attached to an aromatic ring is 1. The molecule has 1 rings (SSSR count). The zero-order valence-electron chi connectivity index (χ0n) is 11.7. The van der Waals surface area contributed by atoms with Gasteiger partial charge in [0.05, 0.1) is 10.6 Å². The molecular formula is C13H21FN2O2S. The fraction of sp³-hybridized carbons (Fsp3) is 0.538. The molecule has 0 aromatic heterocycles. The second kappa shape index (κ2) is 5.46. The number of sulfonamides is 1. The quantitative estimate of drug-likeness (QED) is 0.817. The van der Waals surface area contributed by atoms with Gasteiger partial charge in [-0.15, -0.1) is 0 Å². The molecule has 3 N–H and O–H groups in total. The lowest BCUT2D eigenvalue weighted by Gasteiger charge is -2.22. The van der Waals surface area contributed by atoms with Crippen LogP contribution in [-0.2, 0) is 10.0 Å². The van der Waals surface area contributed by atoms with E-state index in [1.54, 1.807) is 0 Å². The molecule has 19 heavy (non-hydrogen) atoms. The van der Waals surface area contributed by atoms with Gasteiger partial charge < -0.3 is 5.73 Å². The molecule has 0 unspecified atom stereocenters. The van der Waals surface area contributed by atoms with Crippen LogP contribution in [0.2, 0.25) is 0 Å². The van der Waals surface area contributed by atoms with Crippen LogP contribution in [0.1, 0.15) is 32.8 Å². The molecule has 0 saturated heterocycles. The first kappa shape index (κ1) is 15.9. The first-order valence-corrected chi connectivity index (χ1v) is 7.62. The van der Waals surface area contributed by atoms with Gasteiger partial charge in [-0.25, -0.2) is 17.5 Å². The standard InChI is InChI=1S/C13H21FN2O2S/c1-5-13(3,4)8-16-19(17,18)10-6-9(2)12(14)11(15)7-10/h6-7,16H,5,8,15H2,1-4H3. The number of anilines is 1. The molecule has 6 heteroatoms. The summed E-state index contributed by atoms with van der Waals surface area (Å²) in [5.41, 5.74) is 5.39. The first-order valence-electron chi connectivity index (χ1n) is 6.14. The van der Waals surface area contributed by atoms with Crippen LogP contribution in [0.25, 0.3) is 0 Å². The third kappa shape index (κ3) is 3.91. The molecule has 108 valence electrons. The third-order valence-corrected chi connectivity index (χ3v) is 4.65. The highest BCUT2D eigenvalue weighted by Crippen LogP contribution is 2.22. The van der Waals surface area contributed by atoms with Gasteiger partial charge in [0.2, 0.25) is 10.0 Å². The minimum Gasteiger partial charge on any atom is -0.396 e. The van der Waals surface area contributed by atoms with Crippen LogP contribution in [-0.4, -0.2) is 15.0 Å². The largest absolute Gasteiger partial charge is 0.396 e. The molecule has 0 aliphatic carbocycles. The average Bonchev–Trinajstić information content (AvgIpc) is 2.33. The highest BCUT2D eigenvalue weighted by molar-refractivity contribution is 7.89. The Labute approximate surface area is 114 Å². The number of nitrogens with one attached hydrogen (secondary N) is 1. The lowest BCUT2D eigenvalue weighted by atomic mass is 9.91. The van der Waals surface area contributed by atoms with E-state index in [0.717, 1.165) is 12.5 Å². The number of hydrogen-bond donors (Lipinski definition) is 2. The predicted molar refractivity (Wildman–Crippen MR) is 74.8 cm³/mol. The third-order valence-electron chi connectivity index (χ3n) is 3.26. The van der Waals surface area contributed by atoms with Gasteiger partial charge in [0, 0.05) is 6.54 Å². The van der Waals surface area contributed by atoms with Crippen molar-refractivity contribution in [2.75, 3.05) is 12.3 Å². The summed E-state index contributed by atoms with van der Waals surface area (Å²) in [7, 11) is -3.66. The van der Waals surface area contributed by atoms with Gasteiger partial charge >= 0.3 is 0 Å². The number of benzene rings is 1. The predicted octanol–water partition coefficient (Wildman–Crippen LogP) is 2.43. The minimum absolute atomic E-state index is 0.00389. The van der Waals surface area contributed by atoms with Crippen molar-refractivity contribution in [2.45, 2.75) is 39.0 Å². The van der Waals surface area contributed by atoms with Crippen LogP contribution in [0.4, 0.5) is 10.1 Å². The maximum absolute atomic E-state index is 13.4. The molecule has 0 radical (unpaired) electrons. The molecule has 0 bridgehead atoms. The van der Waals surface area contributed by atoms with Gasteiger partial charge in [-0.1, -0.05) is 20.8 Å². The molecule has 0 aliphatic rings. The number of aryl methyl sites for hydroxylation is 1. The van der Waals surface area contributed by atoms with Crippen molar-refractivity contribution in [3.63, 3.8) is 0 Å². The van der Waals surface area contributed by atoms with E-state index in [1.807, 2.05) is 20.8 Å². The average molecular weight is 288 g/mol. The Balaban J connectivity index is 3.02. The van der Waals surface area contributed by atoms with E-state index in [2.05, 4.69) is 4.72 Å². The topological polar surface area (TPSA) is 72.2 Å². The number of halogens is 1. The fourth-order valence-corrected chi connectivity index (χ4v) is 2.78. The highest BCUT2D eigenvalue weighted by Gasteiger charge is 2.22. The maximum atomic E-state index is 13.4. The van der Waals surface area contributed by atoms with Crippen molar-refractivity contribution < 1.29 is 12.8 Å². The van der Waals surface area contributed by atoms with Crippen molar-refractivity contribution in [3.8, 4) is 0 Å². The molecule has 0 saturated carbocycles. The molecule has 0 atom stereocenters. The SMILES string of the molecule is CCC(C)(C)CNS(=O)(=O)c1cc(C)c(F)c(N)c1. The smallest absolute Gasteiger partial charge is 0.240 e. The van der Waals surface area contributed by atoms with Crippen LogP contribution < -0.4 is 10.5 Å². The monoisotopic (exact) mass is 288 g/mol. The zero-order chi connectivity index (χ0) is 14.8. The van der Waals surface area contributed by atoms with Crippen LogP contribution in [0, 0.1) is 18.2 Å². The summed E-state index contributed by atoms with van der Waals surface area (Å²) >= 11 is 0. The molecule has 0 fully saturated rings. The maximum Gasteiger partial charge on any atom is 0.240 e. The summed E-state index contributed by atoms with van der Waals surface area (Å²) in [6.45, 7) is 7.75. The van der Waals surface area contributed by atoms with Crippen LogP contribution >= 0.6 is 0 Å². The molecule has 4 nitrogen and oxygen atoms in total. The Bertz CT molecular complexity index is 545. The van der Waals surface area contributed by atoms with Gasteiger partial charge in [-0.05, 0) is 36.5 Å². The molecular weight excluding hydrogens is 267 g/mol. The molecule has 0 spiro atoms. The molecule has 1 aromatic carbocycles. The Morgan fingerprint density at radius 1 is 1.37 bits per heavy atom. The number of nitrogens with two attached hydrogens (primary N) is 1. The number of hydrogen-bond acceptors (Lipinski definition) is 3. The summed E-state index contributed by atoms with van der Waals surface area (Å²) < 4.78 is 40.2. The molecule has 0 heterocycles. The highest BCUT2D eigenvalue weighted by atomic mass is 32.2. The first-order chi connectivity index (χ1) is 8.59. The second-order valence-corrected chi connectivity index (χ2v) is 7.25. The van der Waals surface area contributed by atoms with Gasteiger partial charge in [-0.2, -0.15) is 0 Å². The van der Waals surface area contributed by atoms with E-state index in [-0.39, 0.29) is 21.6 Å². The van der Waals surface area contributed by atoms with Crippen molar-refractivity contribution in [2.24, 2.45) is 5.41 Å². The molecule has 0 amide bonds. The van der Waals surface area contributed by atoms with Crippen molar-refractivity contribution in [1.82, 2.24) is 4.72 Å².